The predicted molar refractivity (Wildman–Crippen MR) is 83.6 cm³/mol. The molecule has 0 spiro atoms. The minimum Gasteiger partial charge on any atom is -0.384 e. The van der Waals surface area contributed by atoms with Crippen molar-refractivity contribution in [1.29, 1.82) is 0 Å². The monoisotopic (exact) mass is 269 g/mol. The van der Waals surface area contributed by atoms with E-state index in [9.17, 15) is 0 Å². The van der Waals surface area contributed by atoms with Crippen LogP contribution in [0.4, 0.5) is 0 Å². The number of methoxy groups -OCH3 is 1. The van der Waals surface area contributed by atoms with Crippen molar-refractivity contribution in [3.05, 3.63) is 0 Å². The molecular formula is C17H35NO. The van der Waals surface area contributed by atoms with Crippen molar-refractivity contribution in [2.24, 2.45) is 5.92 Å². The fourth-order valence-electron chi connectivity index (χ4n) is 3.08. The molecular weight excluding hydrogens is 234 g/mol. The Morgan fingerprint density at radius 3 is 1.84 bits per heavy atom. The maximum atomic E-state index is 5.22. The molecule has 1 unspecified atom stereocenters. The molecule has 19 heavy (non-hydrogen) atoms. The molecule has 1 rings (SSSR count). The summed E-state index contributed by atoms with van der Waals surface area (Å²) in [5.41, 5.74) is 0. The van der Waals surface area contributed by atoms with Gasteiger partial charge >= 0.3 is 0 Å². The Labute approximate surface area is 120 Å². The van der Waals surface area contributed by atoms with E-state index in [2.05, 4.69) is 12.2 Å². The SMILES string of the molecule is COCC(C)CNC1CCCCCCCCCCC1. The molecule has 0 amide bonds. The van der Waals surface area contributed by atoms with Crippen molar-refractivity contribution < 1.29 is 4.74 Å². The van der Waals surface area contributed by atoms with E-state index in [-0.39, 0.29) is 0 Å². The second kappa shape index (κ2) is 11.7. The lowest BCUT2D eigenvalue weighted by Gasteiger charge is -2.21. The van der Waals surface area contributed by atoms with E-state index in [0.717, 1.165) is 19.2 Å². The molecule has 2 heteroatoms. The van der Waals surface area contributed by atoms with Gasteiger partial charge in [-0.15, -0.1) is 0 Å². The van der Waals surface area contributed by atoms with Crippen LogP contribution in [0.5, 0.6) is 0 Å². The molecule has 0 aromatic carbocycles. The molecule has 1 aliphatic carbocycles. The predicted octanol–water partition coefficient (Wildman–Crippen LogP) is 4.53. The molecule has 0 heterocycles. The van der Waals surface area contributed by atoms with Crippen molar-refractivity contribution >= 4 is 0 Å². The van der Waals surface area contributed by atoms with Gasteiger partial charge in [0.1, 0.15) is 0 Å². The van der Waals surface area contributed by atoms with Crippen LogP contribution < -0.4 is 5.32 Å². The van der Waals surface area contributed by atoms with Gasteiger partial charge in [-0.05, 0) is 18.8 Å². The number of rotatable bonds is 5. The van der Waals surface area contributed by atoms with E-state index in [1.54, 1.807) is 7.11 Å². The fourth-order valence-corrected chi connectivity index (χ4v) is 3.08. The number of nitrogens with one attached hydrogen (secondary N) is 1. The molecule has 1 N–H and O–H groups in total. The topological polar surface area (TPSA) is 21.3 Å². The van der Waals surface area contributed by atoms with Crippen molar-refractivity contribution in [2.75, 3.05) is 20.3 Å². The Hall–Kier alpha value is -0.0800. The average Bonchev–Trinajstić information content (AvgIpc) is 2.38. The first kappa shape index (κ1) is 17.0. The summed E-state index contributed by atoms with van der Waals surface area (Å²) in [6.07, 6.45) is 15.7. The van der Waals surface area contributed by atoms with Crippen LogP contribution in [-0.4, -0.2) is 26.3 Å². The van der Waals surface area contributed by atoms with E-state index in [4.69, 9.17) is 4.74 Å². The summed E-state index contributed by atoms with van der Waals surface area (Å²) in [4.78, 5) is 0. The minimum absolute atomic E-state index is 0.631. The molecule has 2 nitrogen and oxygen atoms in total. The minimum atomic E-state index is 0.631. The third-order valence-electron chi connectivity index (χ3n) is 4.31. The highest BCUT2D eigenvalue weighted by molar-refractivity contribution is 4.69. The van der Waals surface area contributed by atoms with Crippen LogP contribution in [0.2, 0.25) is 0 Å². The Kier molecular flexibility index (Phi) is 10.5. The maximum Gasteiger partial charge on any atom is 0.0499 e. The zero-order valence-electron chi connectivity index (χ0n) is 13.3. The molecule has 1 aliphatic rings. The van der Waals surface area contributed by atoms with Crippen LogP contribution in [0, 0.1) is 5.92 Å². The van der Waals surface area contributed by atoms with E-state index in [0.29, 0.717) is 5.92 Å². The summed E-state index contributed by atoms with van der Waals surface area (Å²) in [6, 6.07) is 0.749. The van der Waals surface area contributed by atoms with Crippen molar-refractivity contribution in [3.63, 3.8) is 0 Å². The van der Waals surface area contributed by atoms with Crippen LogP contribution in [0.25, 0.3) is 0 Å². The first-order chi connectivity index (χ1) is 9.33. The van der Waals surface area contributed by atoms with Crippen LogP contribution in [-0.2, 0) is 4.74 Å². The van der Waals surface area contributed by atoms with Crippen molar-refractivity contribution in [1.82, 2.24) is 5.32 Å². The standard InChI is InChI=1S/C17H35NO/c1-16(15-19-2)14-18-17-12-10-8-6-4-3-5-7-9-11-13-17/h16-18H,3-15H2,1-2H3. The van der Waals surface area contributed by atoms with Crippen molar-refractivity contribution in [3.8, 4) is 0 Å². The first-order valence-corrected chi connectivity index (χ1v) is 8.55. The smallest absolute Gasteiger partial charge is 0.0499 e. The van der Waals surface area contributed by atoms with Gasteiger partial charge in [0.15, 0.2) is 0 Å². The third-order valence-corrected chi connectivity index (χ3v) is 4.31. The molecule has 114 valence electrons. The van der Waals surface area contributed by atoms with Gasteiger partial charge in [-0.3, -0.25) is 0 Å². The van der Waals surface area contributed by atoms with Gasteiger partial charge in [-0.1, -0.05) is 64.7 Å². The van der Waals surface area contributed by atoms with Crippen LogP contribution in [0.1, 0.15) is 77.6 Å². The third kappa shape index (κ3) is 9.45. The van der Waals surface area contributed by atoms with Gasteiger partial charge in [-0.25, -0.2) is 0 Å². The van der Waals surface area contributed by atoms with E-state index >= 15 is 0 Å². The van der Waals surface area contributed by atoms with Gasteiger partial charge in [-0.2, -0.15) is 0 Å². The Balaban J connectivity index is 2.22. The number of hydrogen-bond donors (Lipinski definition) is 1. The highest BCUT2D eigenvalue weighted by Gasteiger charge is 2.10. The quantitative estimate of drug-likeness (QED) is 0.791. The average molecular weight is 269 g/mol. The second-order valence-corrected chi connectivity index (χ2v) is 6.43. The summed E-state index contributed by atoms with van der Waals surface area (Å²) >= 11 is 0. The Bertz CT molecular complexity index is 184. The van der Waals surface area contributed by atoms with Gasteiger partial charge < -0.3 is 10.1 Å². The molecule has 1 saturated carbocycles. The lowest BCUT2D eigenvalue weighted by Crippen LogP contribution is -2.34. The van der Waals surface area contributed by atoms with Gasteiger partial charge in [0.2, 0.25) is 0 Å². The van der Waals surface area contributed by atoms with E-state index in [1.807, 2.05) is 0 Å². The molecule has 1 atom stereocenters. The zero-order chi connectivity index (χ0) is 13.8. The summed E-state index contributed by atoms with van der Waals surface area (Å²) in [5.74, 6) is 0.631. The van der Waals surface area contributed by atoms with Crippen molar-refractivity contribution in [2.45, 2.75) is 83.6 Å². The molecule has 0 aliphatic heterocycles. The lowest BCUT2D eigenvalue weighted by molar-refractivity contribution is 0.156. The summed E-state index contributed by atoms with van der Waals surface area (Å²) in [7, 11) is 1.80. The molecule has 0 radical (unpaired) electrons. The number of hydrogen-bond acceptors (Lipinski definition) is 2. The zero-order valence-corrected chi connectivity index (χ0v) is 13.3. The number of ether oxygens (including phenoxy) is 1. The van der Waals surface area contributed by atoms with Crippen LogP contribution in [0.3, 0.4) is 0 Å². The molecule has 1 fully saturated rings. The summed E-state index contributed by atoms with van der Waals surface area (Å²) in [5, 5.41) is 3.78. The first-order valence-electron chi connectivity index (χ1n) is 8.55. The van der Waals surface area contributed by atoms with Crippen LogP contribution >= 0.6 is 0 Å². The Morgan fingerprint density at radius 2 is 1.37 bits per heavy atom. The van der Waals surface area contributed by atoms with Gasteiger partial charge in [0.05, 0.1) is 0 Å². The second-order valence-electron chi connectivity index (χ2n) is 6.43. The largest absolute Gasteiger partial charge is 0.384 e. The molecule has 0 aromatic rings. The summed E-state index contributed by atoms with van der Waals surface area (Å²) in [6.45, 7) is 4.25. The van der Waals surface area contributed by atoms with E-state index < -0.39 is 0 Å². The lowest BCUT2D eigenvalue weighted by atomic mass is 9.97. The van der Waals surface area contributed by atoms with E-state index in [1.165, 1.54) is 70.6 Å². The highest BCUT2D eigenvalue weighted by Crippen LogP contribution is 2.17. The normalized spacial score (nSPS) is 22.4. The molecule has 0 bridgehead atoms. The molecule has 0 aromatic heterocycles. The Morgan fingerprint density at radius 1 is 0.895 bits per heavy atom. The summed E-state index contributed by atoms with van der Waals surface area (Å²) < 4.78 is 5.22. The van der Waals surface area contributed by atoms with Gasteiger partial charge in [0, 0.05) is 26.3 Å². The fraction of sp³-hybridized carbons (Fsp3) is 1.00. The highest BCUT2D eigenvalue weighted by atomic mass is 16.5. The maximum absolute atomic E-state index is 5.22. The molecule has 0 saturated heterocycles. The van der Waals surface area contributed by atoms with Crippen LogP contribution in [0.15, 0.2) is 0 Å². The van der Waals surface area contributed by atoms with Gasteiger partial charge in [0.25, 0.3) is 0 Å².